The van der Waals surface area contributed by atoms with Crippen LogP contribution in [0.3, 0.4) is 0 Å². The average molecular weight is 295 g/mol. The molecule has 1 atom stereocenters. The molecule has 7 heteroatoms. The van der Waals surface area contributed by atoms with Gasteiger partial charge in [-0.05, 0) is 24.1 Å². The smallest absolute Gasteiger partial charge is 0.229 e. The van der Waals surface area contributed by atoms with Gasteiger partial charge in [0.2, 0.25) is 11.0 Å². The Balaban J connectivity index is 1.94. The number of halogens is 1. The van der Waals surface area contributed by atoms with E-state index in [2.05, 4.69) is 15.5 Å². The number of rotatable bonds is 5. The van der Waals surface area contributed by atoms with Crippen LogP contribution in [0.15, 0.2) is 24.3 Å². The second-order valence-electron chi connectivity index (χ2n) is 4.18. The quantitative estimate of drug-likeness (QED) is 0.887. The maximum absolute atomic E-state index is 13.0. The van der Waals surface area contributed by atoms with Gasteiger partial charge in [-0.15, -0.1) is 10.2 Å². The van der Waals surface area contributed by atoms with Crippen molar-refractivity contribution in [2.24, 2.45) is 0 Å². The number of nitrogens with zero attached hydrogens (tertiary/aromatic N) is 2. The van der Waals surface area contributed by atoms with E-state index in [0.29, 0.717) is 10.7 Å². The van der Waals surface area contributed by atoms with Gasteiger partial charge in [-0.2, -0.15) is 0 Å². The third kappa shape index (κ3) is 3.82. The fourth-order valence-electron chi connectivity index (χ4n) is 1.62. The normalized spacial score (nSPS) is 12.2. The molecular formula is C13H14FN3O2S. The zero-order valence-electron chi connectivity index (χ0n) is 10.8. The molecule has 0 bridgehead atoms. The lowest BCUT2D eigenvalue weighted by atomic mass is 10.1. The Hall–Kier alpha value is -1.86. The summed E-state index contributed by atoms with van der Waals surface area (Å²) in [6, 6.07) is 5.55. The number of aromatic nitrogens is 2. The predicted octanol–water partition coefficient (Wildman–Crippen LogP) is 2.30. The Morgan fingerprint density at radius 1 is 1.50 bits per heavy atom. The van der Waals surface area contributed by atoms with Crippen molar-refractivity contribution in [3.05, 3.63) is 40.7 Å². The van der Waals surface area contributed by atoms with Gasteiger partial charge in [0.15, 0.2) is 0 Å². The van der Waals surface area contributed by atoms with Gasteiger partial charge < -0.3 is 10.4 Å². The van der Waals surface area contributed by atoms with Crippen LogP contribution in [0.25, 0.3) is 0 Å². The molecule has 20 heavy (non-hydrogen) atoms. The molecule has 1 unspecified atom stereocenters. The van der Waals surface area contributed by atoms with Crippen molar-refractivity contribution in [1.82, 2.24) is 10.2 Å². The Labute approximate surface area is 119 Å². The molecule has 5 nitrogen and oxygen atoms in total. The van der Waals surface area contributed by atoms with Crippen molar-refractivity contribution in [2.45, 2.75) is 25.9 Å². The van der Waals surface area contributed by atoms with E-state index in [1.54, 1.807) is 6.07 Å². The lowest BCUT2D eigenvalue weighted by molar-refractivity contribution is -0.118. The molecule has 1 amide bonds. The average Bonchev–Trinajstić information content (AvgIpc) is 2.86. The van der Waals surface area contributed by atoms with Gasteiger partial charge in [0.25, 0.3) is 0 Å². The van der Waals surface area contributed by atoms with Crippen molar-refractivity contribution < 1.29 is 14.3 Å². The molecule has 2 rings (SSSR count). The van der Waals surface area contributed by atoms with E-state index in [9.17, 15) is 14.3 Å². The van der Waals surface area contributed by atoms with Gasteiger partial charge in [0.05, 0.1) is 12.5 Å². The molecule has 0 fully saturated rings. The third-order valence-electron chi connectivity index (χ3n) is 2.63. The van der Waals surface area contributed by atoms with Crippen LogP contribution in [0.1, 0.15) is 30.0 Å². The standard InChI is InChI=1S/C13H14FN3O2S/c1-2-12-16-17-13(20-12)15-11(19)7-10(18)8-4-3-5-9(14)6-8/h3-6,10,18H,2,7H2,1H3,(H,15,17,19). The number of aliphatic hydroxyl groups is 1. The van der Waals surface area contributed by atoms with E-state index >= 15 is 0 Å². The molecule has 2 N–H and O–H groups in total. The number of aryl methyl sites for hydroxylation is 1. The fraction of sp³-hybridized carbons (Fsp3) is 0.308. The first-order valence-electron chi connectivity index (χ1n) is 6.14. The Bertz CT molecular complexity index is 603. The summed E-state index contributed by atoms with van der Waals surface area (Å²) in [6.07, 6.45) is -0.464. The summed E-state index contributed by atoms with van der Waals surface area (Å²) in [5.41, 5.74) is 0.367. The van der Waals surface area contributed by atoms with Crippen molar-refractivity contribution in [3.63, 3.8) is 0 Å². The molecule has 2 aromatic rings. The van der Waals surface area contributed by atoms with E-state index in [1.807, 2.05) is 6.92 Å². The molecule has 0 saturated carbocycles. The zero-order valence-corrected chi connectivity index (χ0v) is 11.7. The summed E-state index contributed by atoms with van der Waals surface area (Å²) >= 11 is 1.29. The van der Waals surface area contributed by atoms with E-state index in [4.69, 9.17) is 0 Å². The van der Waals surface area contributed by atoms with Gasteiger partial charge in [0, 0.05) is 0 Å². The second kappa shape index (κ2) is 6.53. The van der Waals surface area contributed by atoms with Gasteiger partial charge in [-0.1, -0.05) is 30.4 Å². The van der Waals surface area contributed by atoms with Crippen molar-refractivity contribution in [2.75, 3.05) is 5.32 Å². The van der Waals surface area contributed by atoms with Crippen LogP contribution in [0.5, 0.6) is 0 Å². The first-order valence-corrected chi connectivity index (χ1v) is 6.96. The summed E-state index contributed by atoms with van der Waals surface area (Å²) in [4.78, 5) is 11.8. The largest absolute Gasteiger partial charge is 0.388 e. The molecule has 0 radical (unpaired) electrons. The number of anilines is 1. The van der Waals surface area contributed by atoms with Crippen molar-refractivity contribution >= 4 is 22.4 Å². The first kappa shape index (κ1) is 14.5. The van der Waals surface area contributed by atoms with Crippen LogP contribution >= 0.6 is 11.3 Å². The highest BCUT2D eigenvalue weighted by Crippen LogP contribution is 2.20. The topological polar surface area (TPSA) is 75.1 Å². The summed E-state index contributed by atoms with van der Waals surface area (Å²) in [5, 5.41) is 21.4. The van der Waals surface area contributed by atoms with E-state index < -0.39 is 11.9 Å². The molecule has 1 heterocycles. The molecule has 0 saturated heterocycles. The Morgan fingerprint density at radius 2 is 2.30 bits per heavy atom. The minimum Gasteiger partial charge on any atom is -0.388 e. The number of benzene rings is 1. The van der Waals surface area contributed by atoms with E-state index in [0.717, 1.165) is 11.4 Å². The zero-order chi connectivity index (χ0) is 14.5. The first-order chi connectivity index (χ1) is 9.58. The maximum atomic E-state index is 13.0. The van der Waals surface area contributed by atoms with Gasteiger partial charge in [-0.3, -0.25) is 4.79 Å². The highest BCUT2D eigenvalue weighted by atomic mass is 32.1. The third-order valence-corrected chi connectivity index (χ3v) is 3.61. The van der Waals surface area contributed by atoms with Crippen LogP contribution in [-0.2, 0) is 11.2 Å². The minimum atomic E-state index is -1.05. The molecule has 0 spiro atoms. The lowest BCUT2D eigenvalue weighted by Gasteiger charge is -2.10. The van der Waals surface area contributed by atoms with Crippen LogP contribution < -0.4 is 5.32 Å². The van der Waals surface area contributed by atoms with Crippen LogP contribution in [-0.4, -0.2) is 21.2 Å². The van der Waals surface area contributed by atoms with E-state index in [1.165, 1.54) is 29.5 Å². The second-order valence-corrected chi connectivity index (χ2v) is 5.24. The molecule has 0 aliphatic carbocycles. The number of hydrogen-bond acceptors (Lipinski definition) is 5. The minimum absolute atomic E-state index is 0.162. The maximum Gasteiger partial charge on any atom is 0.229 e. The number of carbonyl (C=O) groups excluding carboxylic acids is 1. The van der Waals surface area contributed by atoms with Crippen LogP contribution in [0.2, 0.25) is 0 Å². The highest BCUT2D eigenvalue weighted by molar-refractivity contribution is 7.15. The Morgan fingerprint density at radius 3 is 2.95 bits per heavy atom. The SMILES string of the molecule is CCc1nnc(NC(=O)CC(O)c2cccc(F)c2)s1. The van der Waals surface area contributed by atoms with E-state index in [-0.39, 0.29) is 12.3 Å². The van der Waals surface area contributed by atoms with Crippen molar-refractivity contribution in [1.29, 1.82) is 0 Å². The molecule has 1 aromatic heterocycles. The Kier molecular flexibility index (Phi) is 4.75. The predicted molar refractivity (Wildman–Crippen MR) is 73.9 cm³/mol. The summed E-state index contributed by atoms with van der Waals surface area (Å²) in [7, 11) is 0. The van der Waals surface area contributed by atoms with Crippen molar-refractivity contribution in [3.8, 4) is 0 Å². The highest BCUT2D eigenvalue weighted by Gasteiger charge is 2.15. The number of carbonyl (C=O) groups is 1. The summed E-state index contributed by atoms with van der Waals surface area (Å²) in [5.74, 6) is -0.834. The monoisotopic (exact) mass is 295 g/mol. The molecular weight excluding hydrogens is 281 g/mol. The van der Waals surface area contributed by atoms with Crippen LogP contribution in [0, 0.1) is 5.82 Å². The summed E-state index contributed by atoms with van der Waals surface area (Å²) in [6.45, 7) is 1.94. The number of nitrogens with one attached hydrogen (secondary N) is 1. The van der Waals surface area contributed by atoms with Gasteiger partial charge in [0.1, 0.15) is 10.8 Å². The number of aliphatic hydroxyl groups excluding tert-OH is 1. The van der Waals surface area contributed by atoms with Gasteiger partial charge >= 0.3 is 0 Å². The molecule has 0 aliphatic rings. The van der Waals surface area contributed by atoms with Gasteiger partial charge in [-0.25, -0.2) is 4.39 Å². The lowest BCUT2D eigenvalue weighted by Crippen LogP contribution is -2.15. The molecule has 1 aromatic carbocycles. The molecule has 0 aliphatic heterocycles. The summed E-state index contributed by atoms with van der Waals surface area (Å²) < 4.78 is 13.0. The number of amides is 1. The number of hydrogen-bond donors (Lipinski definition) is 2. The fourth-order valence-corrected chi connectivity index (χ4v) is 2.32. The van der Waals surface area contributed by atoms with Crippen LogP contribution in [0.4, 0.5) is 9.52 Å². The molecule has 106 valence electrons.